The van der Waals surface area contributed by atoms with Gasteiger partial charge in [0.1, 0.15) is 17.5 Å². The van der Waals surface area contributed by atoms with E-state index in [0.717, 1.165) is 5.56 Å². The summed E-state index contributed by atoms with van der Waals surface area (Å²) in [6.45, 7) is 10.6. The van der Waals surface area contributed by atoms with Crippen LogP contribution in [0.15, 0.2) is 23.0 Å². The summed E-state index contributed by atoms with van der Waals surface area (Å²) in [5.41, 5.74) is -3.57. The van der Waals surface area contributed by atoms with E-state index in [1.54, 1.807) is 26.4 Å². The number of furan rings is 1. The molecule has 13 atom stereocenters. The van der Waals surface area contributed by atoms with Crippen LogP contribution in [0, 0.1) is 39.4 Å². The summed E-state index contributed by atoms with van der Waals surface area (Å²) in [7, 11) is 0. The van der Waals surface area contributed by atoms with Crippen LogP contribution in [0.1, 0.15) is 78.7 Å². The lowest BCUT2D eigenvalue weighted by Crippen LogP contribution is -2.80. The predicted octanol–water partition coefficient (Wildman–Crippen LogP) is 3.13. The Morgan fingerprint density at radius 1 is 1.07 bits per heavy atom. The van der Waals surface area contributed by atoms with Gasteiger partial charge in [0, 0.05) is 41.9 Å². The Kier molecular flexibility index (Phi) is 5.88. The topological polar surface area (TPSA) is 145 Å². The maximum Gasteiger partial charge on any atom is 0.310 e. The van der Waals surface area contributed by atoms with Crippen molar-refractivity contribution in [3.63, 3.8) is 0 Å². The van der Waals surface area contributed by atoms with Crippen molar-refractivity contribution in [2.24, 2.45) is 39.4 Å². The van der Waals surface area contributed by atoms with Crippen LogP contribution in [0.2, 0.25) is 0 Å². The molecule has 4 saturated carbocycles. The van der Waals surface area contributed by atoms with Crippen molar-refractivity contribution in [1.82, 2.24) is 0 Å². The fourth-order valence-electron chi connectivity index (χ4n) is 11.1. The van der Waals surface area contributed by atoms with Gasteiger partial charge in [0.25, 0.3) is 0 Å². The largest absolute Gasteiger partial charge is 0.472 e. The van der Waals surface area contributed by atoms with Crippen molar-refractivity contribution in [2.75, 3.05) is 6.61 Å². The Bertz CT molecular complexity index is 1320. The number of hydrogen-bond acceptors (Lipinski definition) is 10. The number of rotatable bonds is 4. The molecule has 2 bridgehead atoms. The van der Waals surface area contributed by atoms with Gasteiger partial charge in [0.15, 0.2) is 0 Å². The number of hydrogen-bond donors (Lipinski definition) is 2. The maximum absolute atomic E-state index is 14.7. The third-order valence-electron chi connectivity index (χ3n) is 12.8. The minimum Gasteiger partial charge on any atom is -0.472 e. The van der Waals surface area contributed by atoms with Gasteiger partial charge in [-0.25, -0.2) is 0 Å². The van der Waals surface area contributed by atoms with Gasteiger partial charge < -0.3 is 33.6 Å². The van der Waals surface area contributed by atoms with Crippen LogP contribution >= 0.6 is 0 Å². The van der Waals surface area contributed by atoms with Crippen molar-refractivity contribution in [3.8, 4) is 0 Å². The third-order valence-corrected chi connectivity index (χ3v) is 12.8. The van der Waals surface area contributed by atoms with Gasteiger partial charge in [-0.1, -0.05) is 27.7 Å². The van der Waals surface area contributed by atoms with Crippen molar-refractivity contribution in [1.29, 1.82) is 0 Å². The monoisotopic (exact) mass is 586 g/mol. The van der Waals surface area contributed by atoms with Crippen LogP contribution in [0.3, 0.4) is 0 Å². The fourth-order valence-corrected chi connectivity index (χ4v) is 11.1. The highest BCUT2D eigenvalue weighted by Crippen LogP contribution is 2.82. The molecular formula is C32H42O10. The van der Waals surface area contributed by atoms with Gasteiger partial charge in [0.2, 0.25) is 6.29 Å². The second-order valence-electron chi connectivity index (χ2n) is 14.8. The summed E-state index contributed by atoms with van der Waals surface area (Å²) in [5.74, 6) is -2.75. The number of ether oxygens (including phenoxy) is 4. The maximum atomic E-state index is 14.7. The number of aliphatic hydroxyl groups is 2. The molecule has 2 N–H and O–H groups in total. The zero-order valence-corrected chi connectivity index (χ0v) is 25.1. The Morgan fingerprint density at radius 2 is 1.81 bits per heavy atom. The Morgan fingerprint density at radius 3 is 2.45 bits per heavy atom. The van der Waals surface area contributed by atoms with Gasteiger partial charge in [-0.15, -0.1) is 0 Å². The second-order valence-corrected chi connectivity index (χ2v) is 14.8. The molecule has 6 aliphatic rings. The molecule has 2 saturated heterocycles. The van der Waals surface area contributed by atoms with E-state index in [0.29, 0.717) is 6.42 Å². The average molecular weight is 587 g/mol. The lowest BCUT2D eigenvalue weighted by atomic mass is 9.33. The highest BCUT2D eigenvalue weighted by molar-refractivity contribution is 5.87. The second kappa shape index (κ2) is 8.67. The van der Waals surface area contributed by atoms with Crippen molar-refractivity contribution in [3.05, 3.63) is 24.2 Å². The first-order chi connectivity index (χ1) is 19.7. The van der Waals surface area contributed by atoms with Crippen LogP contribution in [0.5, 0.6) is 0 Å². The minimum atomic E-state index is -1.12. The van der Waals surface area contributed by atoms with E-state index >= 15 is 0 Å². The molecule has 0 aromatic carbocycles. The van der Waals surface area contributed by atoms with Gasteiger partial charge in [-0.05, 0) is 43.2 Å². The van der Waals surface area contributed by atoms with Crippen LogP contribution in [0.25, 0.3) is 0 Å². The molecule has 1 aromatic rings. The van der Waals surface area contributed by atoms with Gasteiger partial charge >= 0.3 is 11.9 Å². The number of carbonyl (C=O) groups excluding carboxylic acids is 3. The molecule has 230 valence electrons. The van der Waals surface area contributed by atoms with E-state index in [2.05, 4.69) is 6.92 Å². The number of epoxide rings is 1. The molecule has 2 aliphatic heterocycles. The number of carbonyl (C=O) groups is 3. The first-order valence-corrected chi connectivity index (χ1v) is 15.3. The van der Waals surface area contributed by atoms with E-state index in [1.807, 2.05) is 19.9 Å². The third kappa shape index (κ3) is 3.07. The molecule has 6 fully saturated rings. The number of esters is 2. The summed E-state index contributed by atoms with van der Waals surface area (Å²) in [4.78, 5) is 39.8. The molecular weight excluding hydrogens is 544 g/mol. The molecule has 0 radical (unpaired) electrons. The predicted molar refractivity (Wildman–Crippen MR) is 144 cm³/mol. The van der Waals surface area contributed by atoms with Crippen molar-refractivity contribution >= 4 is 17.7 Å². The first kappa shape index (κ1) is 28.5. The molecule has 4 aliphatic carbocycles. The number of aliphatic hydroxyl groups excluding tert-OH is 2. The molecule has 7 rings (SSSR count). The number of fused-ring (bicyclic) bond motifs is 1. The van der Waals surface area contributed by atoms with Crippen LogP contribution < -0.4 is 0 Å². The zero-order valence-electron chi connectivity index (χ0n) is 25.1. The van der Waals surface area contributed by atoms with Gasteiger partial charge in [0.05, 0.1) is 48.8 Å². The van der Waals surface area contributed by atoms with Crippen LogP contribution in [0.4, 0.5) is 0 Å². The first-order valence-electron chi connectivity index (χ1n) is 15.3. The fraction of sp³-hybridized carbons (Fsp3) is 0.781. The number of ketones is 1. The highest BCUT2D eigenvalue weighted by atomic mass is 16.7. The molecule has 3 heterocycles. The zero-order chi connectivity index (χ0) is 30.2. The molecule has 1 aromatic heterocycles. The molecule has 10 heteroatoms. The van der Waals surface area contributed by atoms with Crippen molar-refractivity contribution < 1.29 is 48.0 Å². The summed E-state index contributed by atoms with van der Waals surface area (Å²) in [5, 5.41) is 24.3. The Labute approximate surface area is 245 Å². The average Bonchev–Trinajstić information content (AvgIpc) is 3.27. The van der Waals surface area contributed by atoms with E-state index in [-0.39, 0.29) is 43.7 Å². The standard InChI is InChI=1S/C32H42O10/c1-15(2)26(37)41-27-29(5)20-10-21(35)30(6)25(31(20,14-39-27)22(36)11-23(29)40-16(3)33)19(34)12-28(4)18(17-7-8-38-13-17)9-24-32(28,30)42-24/h7-8,13,15,18,20-25,27,35-36H,9-12,14H2,1-6H3/t18-,20-,21+,22-,23+,24+,25-,27+,28+,29+,30+,31+,32+/m0/s1. The van der Waals surface area contributed by atoms with E-state index in [4.69, 9.17) is 23.4 Å². The van der Waals surface area contributed by atoms with E-state index < -0.39 is 81.6 Å². The van der Waals surface area contributed by atoms with Crippen LogP contribution in [-0.4, -0.2) is 70.8 Å². The normalized spacial score (nSPS) is 52.1. The molecule has 1 spiro atoms. The van der Waals surface area contributed by atoms with E-state index in [9.17, 15) is 24.6 Å². The van der Waals surface area contributed by atoms with Crippen molar-refractivity contribution in [2.45, 2.75) is 109 Å². The molecule has 10 nitrogen and oxygen atoms in total. The lowest BCUT2D eigenvalue weighted by molar-refractivity contribution is -0.372. The minimum absolute atomic E-state index is 0.0245. The summed E-state index contributed by atoms with van der Waals surface area (Å²) in [6.07, 6.45) is 0.474. The Hall–Kier alpha value is -2.27. The molecule has 42 heavy (non-hydrogen) atoms. The molecule has 0 unspecified atom stereocenters. The summed E-state index contributed by atoms with van der Waals surface area (Å²) in [6, 6.07) is 1.94. The van der Waals surface area contributed by atoms with Gasteiger partial charge in [-0.2, -0.15) is 0 Å². The number of Topliss-reactive ketones (excluding diaryl/α,β-unsaturated/α-hetero) is 1. The van der Waals surface area contributed by atoms with Crippen LogP contribution in [-0.2, 0) is 33.3 Å². The van der Waals surface area contributed by atoms with Gasteiger partial charge in [-0.3, -0.25) is 14.4 Å². The van der Waals surface area contributed by atoms with E-state index in [1.165, 1.54) is 6.92 Å². The lowest BCUT2D eigenvalue weighted by Gasteiger charge is -2.72. The quantitative estimate of drug-likeness (QED) is 0.399. The smallest absolute Gasteiger partial charge is 0.310 e. The Balaban J connectivity index is 1.36. The summed E-state index contributed by atoms with van der Waals surface area (Å²) >= 11 is 0. The summed E-state index contributed by atoms with van der Waals surface area (Å²) < 4.78 is 30.1. The SMILES string of the molecule is CC(=O)O[C@@H]1C[C@H](O)[C@@]23CO[C@H](OC(=O)C(C)C)[C@]1(C)[C@@H]2C[C@@H](O)[C@]1(C)[C@@H]3C(=O)C[C@]2(C)[C@H](c3ccoc3)C[C@H]3O[C@@]312. The highest BCUT2D eigenvalue weighted by Gasteiger charge is 2.90. The molecule has 0 amide bonds.